The molecule has 0 bridgehead atoms. The van der Waals surface area contributed by atoms with Crippen molar-refractivity contribution in [2.45, 2.75) is 37.8 Å². The highest BCUT2D eigenvalue weighted by Gasteiger charge is 2.26. The minimum absolute atomic E-state index is 0.000283. The van der Waals surface area contributed by atoms with E-state index in [-0.39, 0.29) is 12.1 Å². The Labute approximate surface area is 95.2 Å². The first-order valence-corrected chi connectivity index (χ1v) is 5.95. The third kappa shape index (κ3) is 2.03. The van der Waals surface area contributed by atoms with Gasteiger partial charge in [0, 0.05) is 12.1 Å². The third-order valence-corrected chi connectivity index (χ3v) is 3.30. The number of carbonyl (C=O) groups excluding carboxylic acids is 1. The summed E-state index contributed by atoms with van der Waals surface area (Å²) in [6.07, 6.45) is 4.21. The first-order chi connectivity index (χ1) is 7.81. The van der Waals surface area contributed by atoms with E-state index in [1.807, 2.05) is 0 Å². The van der Waals surface area contributed by atoms with Crippen molar-refractivity contribution in [1.82, 2.24) is 10.6 Å². The number of hydrogen-bond donors (Lipinski definition) is 2. The van der Waals surface area contributed by atoms with Crippen LogP contribution in [0.1, 0.15) is 24.0 Å². The van der Waals surface area contributed by atoms with Crippen LogP contribution in [-0.2, 0) is 12.8 Å². The van der Waals surface area contributed by atoms with Crippen molar-refractivity contribution in [2.75, 3.05) is 0 Å². The second kappa shape index (κ2) is 3.81. The summed E-state index contributed by atoms with van der Waals surface area (Å²) in [6, 6.07) is 9.13. The number of nitrogens with one attached hydrogen (secondary N) is 2. The summed E-state index contributed by atoms with van der Waals surface area (Å²) >= 11 is 0. The summed E-state index contributed by atoms with van der Waals surface area (Å²) in [5.41, 5.74) is 2.75. The summed E-state index contributed by atoms with van der Waals surface area (Å²) in [7, 11) is 0. The molecule has 0 radical (unpaired) electrons. The largest absolute Gasteiger partial charge is 0.335 e. The van der Waals surface area contributed by atoms with E-state index >= 15 is 0 Å². The van der Waals surface area contributed by atoms with Crippen LogP contribution in [0, 0.1) is 0 Å². The van der Waals surface area contributed by atoms with Crippen LogP contribution >= 0.6 is 0 Å². The highest BCUT2D eigenvalue weighted by molar-refractivity contribution is 5.75. The van der Waals surface area contributed by atoms with Crippen LogP contribution in [0.4, 0.5) is 4.79 Å². The van der Waals surface area contributed by atoms with Crippen molar-refractivity contribution in [1.29, 1.82) is 0 Å². The molecule has 3 nitrogen and oxygen atoms in total. The van der Waals surface area contributed by atoms with Crippen LogP contribution in [0.25, 0.3) is 0 Å². The van der Waals surface area contributed by atoms with Crippen LogP contribution in [-0.4, -0.2) is 18.1 Å². The fraction of sp³-hybridized carbons (Fsp3) is 0.462. The van der Waals surface area contributed by atoms with E-state index in [0.717, 1.165) is 25.7 Å². The molecule has 1 saturated carbocycles. The van der Waals surface area contributed by atoms with Gasteiger partial charge in [-0.2, -0.15) is 0 Å². The molecule has 0 aromatic heterocycles. The van der Waals surface area contributed by atoms with E-state index in [2.05, 4.69) is 34.9 Å². The fourth-order valence-corrected chi connectivity index (χ4v) is 2.30. The summed E-state index contributed by atoms with van der Waals surface area (Å²) < 4.78 is 0. The van der Waals surface area contributed by atoms with Gasteiger partial charge in [0.1, 0.15) is 0 Å². The van der Waals surface area contributed by atoms with Crippen molar-refractivity contribution in [3.63, 3.8) is 0 Å². The Hall–Kier alpha value is -1.51. The van der Waals surface area contributed by atoms with E-state index in [0.29, 0.717) is 6.04 Å². The first kappa shape index (κ1) is 9.70. The van der Waals surface area contributed by atoms with E-state index in [4.69, 9.17) is 0 Å². The van der Waals surface area contributed by atoms with Gasteiger partial charge in [0.2, 0.25) is 0 Å². The Balaban J connectivity index is 1.57. The maximum absolute atomic E-state index is 11.6. The lowest BCUT2D eigenvalue weighted by molar-refractivity contribution is 0.237. The molecule has 2 N–H and O–H groups in total. The quantitative estimate of drug-likeness (QED) is 0.775. The minimum atomic E-state index is 0.000283. The molecule has 3 heteroatoms. The fourth-order valence-electron chi connectivity index (χ4n) is 2.30. The van der Waals surface area contributed by atoms with Crippen LogP contribution in [0.5, 0.6) is 0 Å². The number of benzene rings is 1. The molecule has 0 atom stereocenters. The number of carbonyl (C=O) groups is 1. The van der Waals surface area contributed by atoms with Crippen molar-refractivity contribution in [2.24, 2.45) is 0 Å². The van der Waals surface area contributed by atoms with Gasteiger partial charge in [0.15, 0.2) is 0 Å². The van der Waals surface area contributed by atoms with Gasteiger partial charge in [-0.3, -0.25) is 0 Å². The molecular formula is C13H16N2O. The van der Waals surface area contributed by atoms with Crippen LogP contribution < -0.4 is 10.6 Å². The average Bonchev–Trinajstić information content (AvgIpc) is 2.97. The maximum Gasteiger partial charge on any atom is 0.315 e. The van der Waals surface area contributed by atoms with Gasteiger partial charge in [-0.15, -0.1) is 0 Å². The third-order valence-electron chi connectivity index (χ3n) is 3.30. The van der Waals surface area contributed by atoms with Gasteiger partial charge >= 0.3 is 6.03 Å². The molecule has 0 saturated heterocycles. The van der Waals surface area contributed by atoms with Crippen LogP contribution in [0.3, 0.4) is 0 Å². The lowest BCUT2D eigenvalue weighted by atomic mass is 10.1. The number of urea groups is 1. The summed E-state index contributed by atoms with van der Waals surface area (Å²) in [5.74, 6) is 0. The number of amides is 2. The molecule has 1 aromatic rings. The number of hydrogen-bond acceptors (Lipinski definition) is 1. The topological polar surface area (TPSA) is 41.1 Å². The van der Waals surface area contributed by atoms with E-state index < -0.39 is 0 Å². The monoisotopic (exact) mass is 216 g/mol. The summed E-state index contributed by atoms with van der Waals surface area (Å²) in [6.45, 7) is 0. The predicted octanol–water partition coefficient (Wildman–Crippen LogP) is 1.62. The van der Waals surface area contributed by atoms with Gasteiger partial charge in [-0.05, 0) is 36.8 Å². The maximum atomic E-state index is 11.6. The zero-order chi connectivity index (χ0) is 11.0. The van der Waals surface area contributed by atoms with Gasteiger partial charge < -0.3 is 10.6 Å². The van der Waals surface area contributed by atoms with Crippen molar-refractivity contribution < 1.29 is 4.79 Å². The van der Waals surface area contributed by atoms with Crippen molar-refractivity contribution >= 4 is 6.03 Å². The minimum Gasteiger partial charge on any atom is -0.335 e. The number of rotatable bonds is 2. The first-order valence-electron chi connectivity index (χ1n) is 5.95. The van der Waals surface area contributed by atoms with Crippen molar-refractivity contribution in [3.8, 4) is 0 Å². The summed E-state index contributed by atoms with van der Waals surface area (Å²) in [5, 5.41) is 6.00. The van der Waals surface area contributed by atoms with E-state index in [1.54, 1.807) is 0 Å². The SMILES string of the molecule is O=C(NC1CC1)NC1Cc2ccccc2C1. The molecule has 2 aliphatic carbocycles. The predicted molar refractivity (Wildman–Crippen MR) is 62.3 cm³/mol. The highest BCUT2D eigenvalue weighted by atomic mass is 16.2. The van der Waals surface area contributed by atoms with Crippen LogP contribution in [0.2, 0.25) is 0 Å². The average molecular weight is 216 g/mol. The van der Waals surface area contributed by atoms with E-state index in [1.165, 1.54) is 11.1 Å². The van der Waals surface area contributed by atoms with Gasteiger partial charge in [-0.1, -0.05) is 24.3 Å². The molecule has 0 unspecified atom stereocenters. The molecule has 0 spiro atoms. The molecule has 3 rings (SSSR count). The number of fused-ring (bicyclic) bond motifs is 1. The molecule has 16 heavy (non-hydrogen) atoms. The molecule has 0 aliphatic heterocycles. The molecular weight excluding hydrogens is 200 g/mol. The molecule has 84 valence electrons. The lowest BCUT2D eigenvalue weighted by Crippen LogP contribution is -2.43. The second-order valence-electron chi connectivity index (χ2n) is 4.77. The van der Waals surface area contributed by atoms with Gasteiger partial charge in [0.05, 0.1) is 0 Å². The molecule has 2 amide bonds. The van der Waals surface area contributed by atoms with Gasteiger partial charge in [0.25, 0.3) is 0 Å². The standard InChI is InChI=1S/C13H16N2O/c16-13(14-11-5-6-11)15-12-7-9-3-1-2-4-10(9)8-12/h1-4,11-12H,5-8H2,(H2,14,15,16). The smallest absolute Gasteiger partial charge is 0.315 e. The zero-order valence-corrected chi connectivity index (χ0v) is 9.20. The normalized spacial score (nSPS) is 19.2. The van der Waals surface area contributed by atoms with Gasteiger partial charge in [-0.25, -0.2) is 4.79 Å². The lowest BCUT2D eigenvalue weighted by Gasteiger charge is -2.12. The molecule has 1 fully saturated rings. The van der Waals surface area contributed by atoms with Crippen LogP contribution in [0.15, 0.2) is 24.3 Å². The zero-order valence-electron chi connectivity index (χ0n) is 9.20. The molecule has 2 aliphatic rings. The second-order valence-corrected chi connectivity index (χ2v) is 4.77. The molecule has 1 aromatic carbocycles. The Morgan fingerprint density at radius 3 is 2.12 bits per heavy atom. The van der Waals surface area contributed by atoms with E-state index in [9.17, 15) is 4.79 Å². The molecule has 0 heterocycles. The summed E-state index contributed by atoms with van der Waals surface area (Å²) in [4.78, 5) is 11.6. The Morgan fingerprint density at radius 2 is 1.56 bits per heavy atom. The highest BCUT2D eigenvalue weighted by Crippen LogP contribution is 2.22. The Morgan fingerprint density at radius 1 is 1.00 bits per heavy atom. The Kier molecular flexibility index (Phi) is 2.31. The Bertz CT molecular complexity index is 387. The van der Waals surface area contributed by atoms with Crippen molar-refractivity contribution in [3.05, 3.63) is 35.4 Å².